The number of nitrogens with one attached hydrogen (secondary N) is 2. The summed E-state index contributed by atoms with van der Waals surface area (Å²) >= 11 is 0. The van der Waals surface area contributed by atoms with Gasteiger partial charge in [-0.25, -0.2) is 4.79 Å². The SMILES string of the molecule is O=C(NCc1cc(C2CC2)n[nH]1)N(CC1CCC1)CC1CCCO1. The third kappa shape index (κ3) is 3.91. The van der Waals surface area contributed by atoms with Crippen LogP contribution in [-0.4, -0.2) is 46.9 Å². The van der Waals surface area contributed by atoms with E-state index in [1.807, 2.05) is 4.90 Å². The Labute approximate surface area is 143 Å². The van der Waals surface area contributed by atoms with Crippen LogP contribution >= 0.6 is 0 Å². The first-order valence-corrected chi connectivity index (χ1v) is 9.46. The molecular formula is C18H28N4O2. The lowest BCUT2D eigenvalue weighted by Gasteiger charge is -2.33. The molecule has 0 radical (unpaired) electrons. The van der Waals surface area contributed by atoms with E-state index in [9.17, 15) is 4.79 Å². The van der Waals surface area contributed by atoms with Crippen molar-refractivity contribution < 1.29 is 9.53 Å². The van der Waals surface area contributed by atoms with Gasteiger partial charge >= 0.3 is 6.03 Å². The molecule has 24 heavy (non-hydrogen) atoms. The van der Waals surface area contributed by atoms with Gasteiger partial charge < -0.3 is 15.0 Å². The van der Waals surface area contributed by atoms with Gasteiger partial charge in [0, 0.05) is 25.6 Å². The minimum Gasteiger partial charge on any atom is -0.376 e. The number of ether oxygens (including phenoxy) is 1. The lowest BCUT2D eigenvalue weighted by molar-refractivity contribution is 0.0720. The van der Waals surface area contributed by atoms with E-state index in [-0.39, 0.29) is 12.1 Å². The van der Waals surface area contributed by atoms with Crippen LogP contribution in [0, 0.1) is 5.92 Å². The summed E-state index contributed by atoms with van der Waals surface area (Å²) in [5, 5.41) is 10.5. The van der Waals surface area contributed by atoms with Crippen molar-refractivity contribution in [1.82, 2.24) is 20.4 Å². The van der Waals surface area contributed by atoms with E-state index in [0.29, 0.717) is 18.4 Å². The highest BCUT2D eigenvalue weighted by Crippen LogP contribution is 2.39. The minimum absolute atomic E-state index is 0.0278. The molecule has 2 saturated carbocycles. The van der Waals surface area contributed by atoms with Gasteiger partial charge in [0.25, 0.3) is 0 Å². The third-order valence-corrected chi connectivity index (χ3v) is 5.51. The zero-order valence-corrected chi connectivity index (χ0v) is 14.3. The van der Waals surface area contributed by atoms with Gasteiger partial charge in [0.15, 0.2) is 0 Å². The number of carbonyl (C=O) groups excluding carboxylic acids is 1. The molecular weight excluding hydrogens is 304 g/mol. The van der Waals surface area contributed by atoms with Gasteiger partial charge in [-0.1, -0.05) is 6.42 Å². The number of urea groups is 1. The molecule has 1 saturated heterocycles. The minimum atomic E-state index is 0.0278. The Bertz CT molecular complexity index is 559. The average Bonchev–Trinajstić information content (AvgIpc) is 3.07. The standard InChI is InChI=1S/C18H28N4O2/c23-18(19-10-15-9-17(21-20-15)14-6-7-14)22(11-13-3-1-4-13)12-16-5-2-8-24-16/h9,13-14,16H,1-8,10-12H2,(H,19,23)(H,20,21). The molecule has 4 rings (SSSR count). The molecule has 6 nitrogen and oxygen atoms in total. The van der Waals surface area contributed by atoms with Crippen LogP contribution in [-0.2, 0) is 11.3 Å². The van der Waals surface area contributed by atoms with Crippen molar-refractivity contribution in [1.29, 1.82) is 0 Å². The molecule has 0 bridgehead atoms. The molecule has 2 heterocycles. The number of amides is 2. The van der Waals surface area contributed by atoms with Gasteiger partial charge in [0.2, 0.25) is 0 Å². The number of aromatic amines is 1. The molecule has 1 unspecified atom stereocenters. The van der Waals surface area contributed by atoms with E-state index in [2.05, 4.69) is 21.6 Å². The van der Waals surface area contributed by atoms with Crippen LogP contribution in [0.25, 0.3) is 0 Å². The van der Waals surface area contributed by atoms with Gasteiger partial charge in [0.1, 0.15) is 0 Å². The van der Waals surface area contributed by atoms with Gasteiger partial charge in [-0.05, 0) is 50.5 Å². The van der Waals surface area contributed by atoms with Gasteiger partial charge in [0.05, 0.1) is 24.0 Å². The first-order valence-electron chi connectivity index (χ1n) is 9.46. The molecule has 2 aliphatic carbocycles. The van der Waals surface area contributed by atoms with Crippen LogP contribution < -0.4 is 5.32 Å². The molecule has 1 aromatic rings. The Morgan fingerprint density at radius 3 is 2.79 bits per heavy atom. The Morgan fingerprint density at radius 1 is 1.25 bits per heavy atom. The van der Waals surface area contributed by atoms with E-state index < -0.39 is 0 Å². The molecule has 6 heteroatoms. The van der Waals surface area contributed by atoms with Gasteiger partial charge in [-0.2, -0.15) is 5.10 Å². The summed E-state index contributed by atoms with van der Waals surface area (Å²) in [5.41, 5.74) is 2.14. The van der Waals surface area contributed by atoms with Crippen molar-refractivity contribution in [3.8, 4) is 0 Å². The van der Waals surface area contributed by atoms with Crippen LogP contribution in [0.3, 0.4) is 0 Å². The average molecular weight is 332 g/mol. The lowest BCUT2D eigenvalue weighted by atomic mass is 9.85. The number of nitrogens with zero attached hydrogens (tertiary/aromatic N) is 2. The molecule has 3 fully saturated rings. The zero-order valence-electron chi connectivity index (χ0n) is 14.3. The van der Waals surface area contributed by atoms with E-state index in [1.54, 1.807) is 0 Å². The quantitative estimate of drug-likeness (QED) is 0.806. The highest BCUT2D eigenvalue weighted by molar-refractivity contribution is 5.74. The summed E-state index contributed by atoms with van der Waals surface area (Å²) in [6.45, 7) is 2.94. The normalized spacial score (nSPS) is 23.9. The van der Waals surface area contributed by atoms with Gasteiger partial charge in [-0.15, -0.1) is 0 Å². The molecule has 1 aliphatic heterocycles. The highest BCUT2D eigenvalue weighted by atomic mass is 16.5. The molecule has 2 N–H and O–H groups in total. The van der Waals surface area contributed by atoms with Crippen molar-refractivity contribution in [2.24, 2.45) is 5.92 Å². The van der Waals surface area contributed by atoms with Gasteiger partial charge in [-0.3, -0.25) is 5.10 Å². The molecule has 0 aromatic carbocycles. The number of rotatable bonds is 7. The summed E-state index contributed by atoms with van der Waals surface area (Å²) in [6.07, 6.45) is 8.69. The van der Waals surface area contributed by atoms with Crippen LogP contribution in [0.2, 0.25) is 0 Å². The first kappa shape index (κ1) is 15.9. The molecule has 0 spiro atoms. The summed E-state index contributed by atoms with van der Waals surface area (Å²) in [5.74, 6) is 1.31. The van der Waals surface area contributed by atoms with Crippen LogP contribution in [0.4, 0.5) is 4.79 Å². The maximum Gasteiger partial charge on any atom is 0.317 e. The predicted octanol–water partition coefficient (Wildman–Crippen LogP) is 2.78. The molecule has 1 atom stereocenters. The zero-order chi connectivity index (χ0) is 16.4. The summed E-state index contributed by atoms with van der Waals surface area (Å²) in [7, 11) is 0. The van der Waals surface area contributed by atoms with Crippen LogP contribution in [0.15, 0.2) is 6.07 Å². The van der Waals surface area contributed by atoms with E-state index in [0.717, 1.165) is 43.9 Å². The third-order valence-electron chi connectivity index (χ3n) is 5.51. The monoisotopic (exact) mass is 332 g/mol. The first-order chi connectivity index (χ1) is 11.8. The Morgan fingerprint density at radius 2 is 2.12 bits per heavy atom. The molecule has 1 aromatic heterocycles. The topological polar surface area (TPSA) is 70.2 Å². The van der Waals surface area contributed by atoms with Crippen molar-refractivity contribution in [3.63, 3.8) is 0 Å². The number of hydrogen-bond acceptors (Lipinski definition) is 3. The second-order valence-electron chi connectivity index (χ2n) is 7.59. The van der Waals surface area contributed by atoms with Crippen LogP contribution in [0.1, 0.15) is 62.3 Å². The van der Waals surface area contributed by atoms with E-state index >= 15 is 0 Å². The second-order valence-corrected chi connectivity index (χ2v) is 7.59. The van der Waals surface area contributed by atoms with E-state index in [1.165, 1.54) is 32.1 Å². The maximum absolute atomic E-state index is 12.7. The summed E-state index contributed by atoms with van der Waals surface area (Å²) in [4.78, 5) is 14.6. The Hall–Kier alpha value is -1.56. The second kappa shape index (κ2) is 7.13. The fraction of sp³-hybridized carbons (Fsp3) is 0.778. The fourth-order valence-corrected chi connectivity index (χ4v) is 3.60. The lowest BCUT2D eigenvalue weighted by Crippen LogP contribution is -2.46. The molecule has 132 valence electrons. The fourth-order valence-electron chi connectivity index (χ4n) is 3.60. The van der Waals surface area contributed by atoms with Crippen molar-refractivity contribution >= 4 is 6.03 Å². The molecule has 3 aliphatic rings. The number of H-pyrrole nitrogens is 1. The Kier molecular flexibility index (Phi) is 4.74. The summed E-state index contributed by atoms with van der Waals surface area (Å²) < 4.78 is 5.73. The van der Waals surface area contributed by atoms with E-state index in [4.69, 9.17) is 4.74 Å². The number of aromatic nitrogens is 2. The molecule has 2 amide bonds. The van der Waals surface area contributed by atoms with Crippen molar-refractivity contribution in [2.45, 2.75) is 63.5 Å². The smallest absolute Gasteiger partial charge is 0.317 e. The number of carbonyl (C=O) groups is 1. The summed E-state index contributed by atoms with van der Waals surface area (Å²) in [6, 6.07) is 2.12. The predicted molar refractivity (Wildman–Crippen MR) is 90.7 cm³/mol. The van der Waals surface area contributed by atoms with Crippen molar-refractivity contribution in [2.75, 3.05) is 19.7 Å². The maximum atomic E-state index is 12.7. The van der Waals surface area contributed by atoms with Crippen LogP contribution in [0.5, 0.6) is 0 Å². The van der Waals surface area contributed by atoms with Crippen molar-refractivity contribution in [3.05, 3.63) is 17.5 Å². The Balaban J connectivity index is 1.30. The largest absolute Gasteiger partial charge is 0.376 e. The highest BCUT2D eigenvalue weighted by Gasteiger charge is 2.28. The number of hydrogen-bond donors (Lipinski definition) is 2.